The molecule has 0 aliphatic carbocycles. The van der Waals surface area contributed by atoms with Crippen molar-refractivity contribution in [3.05, 3.63) is 29.8 Å². The van der Waals surface area contributed by atoms with Gasteiger partial charge in [-0.05, 0) is 18.1 Å². The second-order valence-corrected chi connectivity index (χ2v) is 4.07. The van der Waals surface area contributed by atoms with Gasteiger partial charge in [0, 0.05) is 24.8 Å². The Labute approximate surface area is 91.9 Å². The lowest BCUT2D eigenvalue weighted by molar-refractivity contribution is 0.112. The average molecular weight is 205 g/mol. The molecule has 1 aromatic carbocycles. The summed E-state index contributed by atoms with van der Waals surface area (Å²) in [5, 5.41) is 0. The summed E-state index contributed by atoms with van der Waals surface area (Å²) >= 11 is 0. The first kappa shape index (κ1) is 11.8. The van der Waals surface area contributed by atoms with Crippen LogP contribution in [0.25, 0.3) is 0 Å². The fourth-order valence-electron chi connectivity index (χ4n) is 1.63. The van der Waals surface area contributed by atoms with Gasteiger partial charge in [0.2, 0.25) is 0 Å². The average Bonchev–Trinajstić information content (AvgIpc) is 2.28. The van der Waals surface area contributed by atoms with E-state index >= 15 is 0 Å². The zero-order valence-electron chi connectivity index (χ0n) is 9.73. The van der Waals surface area contributed by atoms with E-state index in [2.05, 4.69) is 18.7 Å². The highest BCUT2D eigenvalue weighted by Crippen LogP contribution is 2.18. The summed E-state index contributed by atoms with van der Waals surface area (Å²) in [5.41, 5.74) is 1.79. The molecule has 0 saturated heterocycles. The van der Waals surface area contributed by atoms with Gasteiger partial charge < -0.3 is 4.90 Å². The Hall–Kier alpha value is -1.31. The first-order valence-corrected chi connectivity index (χ1v) is 5.44. The molecule has 1 unspecified atom stereocenters. The molecule has 0 spiro atoms. The number of nitrogens with zero attached hydrogens (tertiary/aromatic N) is 1. The third kappa shape index (κ3) is 3.08. The van der Waals surface area contributed by atoms with Crippen molar-refractivity contribution in [3.63, 3.8) is 0 Å². The zero-order chi connectivity index (χ0) is 11.3. The quantitative estimate of drug-likeness (QED) is 0.689. The van der Waals surface area contributed by atoms with Gasteiger partial charge in [-0.25, -0.2) is 0 Å². The Bertz CT molecular complexity index is 322. The number of carbonyl (C=O) groups excluding carboxylic acids is 1. The van der Waals surface area contributed by atoms with Gasteiger partial charge in [-0.2, -0.15) is 0 Å². The summed E-state index contributed by atoms with van der Waals surface area (Å²) in [4.78, 5) is 13.0. The van der Waals surface area contributed by atoms with Gasteiger partial charge in [0.15, 0.2) is 6.29 Å². The Morgan fingerprint density at radius 1 is 1.40 bits per heavy atom. The van der Waals surface area contributed by atoms with Crippen molar-refractivity contribution in [2.24, 2.45) is 5.92 Å². The molecule has 0 bridgehead atoms. The molecule has 0 fully saturated rings. The Balaban J connectivity index is 2.80. The number of para-hydroxylation sites is 1. The normalized spacial score (nSPS) is 12.2. The summed E-state index contributed by atoms with van der Waals surface area (Å²) < 4.78 is 0. The zero-order valence-corrected chi connectivity index (χ0v) is 9.73. The molecule has 15 heavy (non-hydrogen) atoms. The largest absolute Gasteiger partial charge is 0.374 e. The Morgan fingerprint density at radius 3 is 2.67 bits per heavy atom. The van der Waals surface area contributed by atoms with Crippen LogP contribution in [0.3, 0.4) is 0 Å². The summed E-state index contributed by atoms with van der Waals surface area (Å²) in [6.45, 7) is 5.39. The van der Waals surface area contributed by atoms with Crippen LogP contribution < -0.4 is 4.90 Å². The van der Waals surface area contributed by atoms with Crippen LogP contribution in [0.15, 0.2) is 24.3 Å². The molecular formula is C13H19NO. The van der Waals surface area contributed by atoms with E-state index in [1.54, 1.807) is 0 Å². The van der Waals surface area contributed by atoms with Crippen LogP contribution in [0, 0.1) is 5.92 Å². The lowest BCUT2D eigenvalue weighted by atomic mass is 10.1. The van der Waals surface area contributed by atoms with Gasteiger partial charge in [0.05, 0.1) is 0 Å². The number of anilines is 1. The minimum Gasteiger partial charge on any atom is -0.374 e. The Kier molecular flexibility index (Phi) is 4.35. The number of rotatable bonds is 5. The van der Waals surface area contributed by atoms with E-state index in [1.165, 1.54) is 0 Å². The molecule has 1 aromatic rings. The van der Waals surface area contributed by atoms with Gasteiger partial charge in [-0.3, -0.25) is 4.79 Å². The molecule has 0 aromatic heterocycles. The summed E-state index contributed by atoms with van der Waals surface area (Å²) in [7, 11) is 2.04. The molecule has 82 valence electrons. The predicted molar refractivity (Wildman–Crippen MR) is 64.6 cm³/mol. The standard InChI is InChI=1S/C13H19NO/c1-4-11(2)9-14(3)13-8-6-5-7-12(13)10-15/h5-8,10-11H,4,9H2,1-3H3. The van der Waals surface area contributed by atoms with Crippen LogP contribution in [0.1, 0.15) is 30.6 Å². The first-order valence-electron chi connectivity index (χ1n) is 5.44. The summed E-state index contributed by atoms with van der Waals surface area (Å²) in [6.07, 6.45) is 2.08. The fourth-order valence-corrected chi connectivity index (χ4v) is 1.63. The molecular weight excluding hydrogens is 186 g/mol. The summed E-state index contributed by atoms with van der Waals surface area (Å²) in [6, 6.07) is 7.71. The smallest absolute Gasteiger partial charge is 0.152 e. The van der Waals surface area contributed by atoms with Crippen LogP contribution in [0.4, 0.5) is 5.69 Å². The van der Waals surface area contributed by atoms with Crippen LogP contribution in [-0.4, -0.2) is 19.9 Å². The number of aldehydes is 1. The molecule has 0 N–H and O–H groups in total. The van der Waals surface area contributed by atoms with Gasteiger partial charge in [-0.1, -0.05) is 32.4 Å². The van der Waals surface area contributed by atoms with Gasteiger partial charge in [0.1, 0.15) is 0 Å². The molecule has 1 rings (SSSR count). The predicted octanol–water partition coefficient (Wildman–Crippen LogP) is 2.98. The number of hydrogen-bond donors (Lipinski definition) is 0. The molecule has 1 atom stereocenters. The maximum absolute atomic E-state index is 10.9. The fraction of sp³-hybridized carbons (Fsp3) is 0.462. The van der Waals surface area contributed by atoms with E-state index in [1.807, 2.05) is 31.3 Å². The van der Waals surface area contributed by atoms with Crippen molar-refractivity contribution < 1.29 is 4.79 Å². The van der Waals surface area contributed by atoms with E-state index in [9.17, 15) is 4.79 Å². The van der Waals surface area contributed by atoms with Crippen LogP contribution >= 0.6 is 0 Å². The van der Waals surface area contributed by atoms with E-state index < -0.39 is 0 Å². The van der Waals surface area contributed by atoms with Crippen molar-refractivity contribution in [1.82, 2.24) is 0 Å². The minimum absolute atomic E-state index is 0.648. The lowest BCUT2D eigenvalue weighted by Gasteiger charge is -2.23. The number of benzene rings is 1. The lowest BCUT2D eigenvalue weighted by Crippen LogP contribution is -2.24. The highest BCUT2D eigenvalue weighted by Gasteiger charge is 2.08. The van der Waals surface area contributed by atoms with Crippen LogP contribution in [0.2, 0.25) is 0 Å². The monoisotopic (exact) mass is 205 g/mol. The van der Waals surface area contributed by atoms with Gasteiger partial charge in [0.25, 0.3) is 0 Å². The highest BCUT2D eigenvalue weighted by atomic mass is 16.1. The van der Waals surface area contributed by atoms with Crippen molar-refractivity contribution >= 4 is 12.0 Å². The molecule has 0 saturated carbocycles. The maximum atomic E-state index is 10.9. The number of hydrogen-bond acceptors (Lipinski definition) is 2. The second-order valence-electron chi connectivity index (χ2n) is 4.07. The highest BCUT2D eigenvalue weighted by molar-refractivity contribution is 5.84. The molecule has 2 heteroatoms. The van der Waals surface area contributed by atoms with Crippen molar-refractivity contribution in [1.29, 1.82) is 0 Å². The molecule has 2 nitrogen and oxygen atoms in total. The van der Waals surface area contributed by atoms with Crippen molar-refractivity contribution in [2.75, 3.05) is 18.5 Å². The van der Waals surface area contributed by atoms with Crippen molar-refractivity contribution in [3.8, 4) is 0 Å². The van der Waals surface area contributed by atoms with E-state index in [0.29, 0.717) is 5.92 Å². The van der Waals surface area contributed by atoms with E-state index in [4.69, 9.17) is 0 Å². The molecule has 0 heterocycles. The number of carbonyl (C=O) groups is 1. The Morgan fingerprint density at radius 2 is 2.07 bits per heavy atom. The van der Waals surface area contributed by atoms with E-state index in [-0.39, 0.29) is 0 Å². The topological polar surface area (TPSA) is 20.3 Å². The third-order valence-corrected chi connectivity index (χ3v) is 2.76. The van der Waals surface area contributed by atoms with E-state index in [0.717, 1.165) is 30.5 Å². The molecule has 0 aliphatic rings. The SMILES string of the molecule is CCC(C)CN(C)c1ccccc1C=O. The molecule has 0 aliphatic heterocycles. The van der Waals surface area contributed by atoms with Crippen LogP contribution in [-0.2, 0) is 0 Å². The minimum atomic E-state index is 0.648. The van der Waals surface area contributed by atoms with Crippen molar-refractivity contribution in [2.45, 2.75) is 20.3 Å². The maximum Gasteiger partial charge on any atom is 0.152 e. The van der Waals surface area contributed by atoms with Crippen LogP contribution in [0.5, 0.6) is 0 Å². The molecule has 0 radical (unpaired) electrons. The summed E-state index contributed by atoms with van der Waals surface area (Å²) in [5.74, 6) is 0.648. The van der Waals surface area contributed by atoms with Gasteiger partial charge in [-0.15, -0.1) is 0 Å². The first-order chi connectivity index (χ1) is 7.19. The molecule has 0 amide bonds. The second kappa shape index (κ2) is 5.54. The van der Waals surface area contributed by atoms with Gasteiger partial charge >= 0.3 is 0 Å². The third-order valence-electron chi connectivity index (χ3n) is 2.76.